The maximum Gasteiger partial charge on any atom is 0.259 e. The second-order valence-corrected chi connectivity index (χ2v) is 6.99. The monoisotopic (exact) mass is 413 g/mol. The summed E-state index contributed by atoms with van der Waals surface area (Å²) in [6.45, 7) is 1.21. The van der Waals surface area contributed by atoms with E-state index in [1.54, 1.807) is 36.1 Å². The summed E-state index contributed by atoms with van der Waals surface area (Å²) in [5.74, 6) is 1.60. The van der Waals surface area contributed by atoms with Gasteiger partial charge in [-0.05, 0) is 36.4 Å². The highest BCUT2D eigenvalue weighted by Gasteiger charge is 2.20. The number of hydrogen-bond acceptors (Lipinski definition) is 5. The van der Waals surface area contributed by atoms with Crippen molar-refractivity contribution in [2.75, 3.05) is 25.6 Å². The molecule has 2 heterocycles. The van der Waals surface area contributed by atoms with Crippen molar-refractivity contribution in [3.05, 3.63) is 53.2 Å². The molecule has 0 spiro atoms. The largest absolute Gasteiger partial charge is 0.495 e. The van der Waals surface area contributed by atoms with E-state index in [9.17, 15) is 4.79 Å². The molecule has 1 amide bonds. The van der Waals surface area contributed by atoms with E-state index in [0.29, 0.717) is 52.4 Å². The number of carbonyl (C=O) groups is 1. The highest BCUT2D eigenvalue weighted by atomic mass is 35.5. The van der Waals surface area contributed by atoms with Gasteiger partial charge in [0.15, 0.2) is 11.5 Å². The van der Waals surface area contributed by atoms with Gasteiger partial charge in [-0.25, -0.2) is 0 Å². The van der Waals surface area contributed by atoms with E-state index in [1.165, 1.54) is 7.11 Å². The Morgan fingerprint density at radius 1 is 1.17 bits per heavy atom. The molecular weight excluding hydrogens is 394 g/mol. The van der Waals surface area contributed by atoms with E-state index in [4.69, 9.17) is 25.8 Å². The highest BCUT2D eigenvalue weighted by Crippen LogP contribution is 2.35. The Morgan fingerprint density at radius 3 is 2.72 bits per heavy atom. The SMILES string of the molecule is COc1ccc(NC(=O)c2cn(C)nc2-c2ccc3c(c2)OCCCO3)cc1Cl. The van der Waals surface area contributed by atoms with Gasteiger partial charge in [-0.15, -0.1) is 0 Å². The zero-order valence-electron chi connectivity index (χ0n) is 16.1. The summed E-state index contributed by atoms with van der Waals surface area (Å²) in [5, 5.41) is 7.75. The molecule has 1 aliphatic rings. The minimum Gasteiger partial charge on any atom is -0.495 e. The van der Waals surface area contributed by atoms with Crippen LogP contribution in [0, 0.1) is 0 Å². The molecule has 2 aromatic carbocycles. The van der Waals surface area contributed by atoms with Crippen LogP contribution in [0.5, 0.6) is 17.2 Å². The van der Waals surface area contributed by atoms with Gasteiger partial charge < -0.3 is 19.5 Å². The molecule has 1 N–H and O–H groups in total. The Kier molecular flexibility index (Phi) is 5.31. The number of fused-ring (bicyclic) bond motifs is 1. The number of halogens is 1. The summed E-state index contributed by atoms with van der Waals surface area (Å²) < 4.78 is 18.2. The molecule has 0 bridgehead atoms. The summed E-state index contributed by atoms with van der Waals surface area (Å²) in [4.78, 5) is 12.9. The number of anilines is 1. The molecule has 8 heteroatoms. The lowest BCUT2D eigenvalue weighted by Crippen LogP contribution is -2.12. The highest BCUT2D eigenvalue weighted by molar-refractivity contribution is 6.32. The number of amides is 1. The van der Waals surface area contributed by atoms with Gasteiger partial charge in [-0.1, -0.05) is 11.6 Å². The number of aromatic nitrogens is 2. The summed E-state index contributed by atoms with van der Waals surface area (Å²) in [7, 11) is 3.31. The molecule has 0 saturated heterocycles. The van der Waals surface area contributed by atoms with Crippen LogP contribution in [0.2, 0.25) is 5.02 Å². The molecule has 0 fully saturated rings. The molecule has 0 radical (unpaired) electrons. The van der Waals surface area contributed by atoms with Crippen LogP contribution in [0.1, 0.15) is 16.8 Å². The molecule has 150 valence electrons. The van der Waals surface area contributed by atoms with Crippen LogP contribution in [0.25, 0.3) is 11.3 Å². The number of carbonyl (C=O) groups excluding carboxylic acids is 1. The molecule has 1 aliphatic heterocycles. The predicted octanol–water partition coefficient (Wildman–Crippen LogP) is 4.16. The Bertz CT molecular complexity index is 1060. The fraction of sp³-hybridized carbons (Fsp3) is 0.238. The van der Waals surface area contributed by atoms with Gasteiger partial charge in [0.05, 0.1) is 30.9 Å². The van der Waals surface area contributed by atoms with Gasteiger partial charge in [0, 0.05) is 30.9 Å². The average Bonchev–Trinajstić information content (AvgIpc) is 2.95. The Morgan fingerprint density at radius 2 is 1.97 bits per heavy atom. The third kappa shape index (κ3) is 4.00. The van der Waals surface area contributed by atoms with Crippen molar-refractivity contribution in [1.29, 1.82) is 0 Å². The molecule has 0 unspecified atom stereocenters. The van der Waals surface area contributed by atoms with Crippen molar-refractivity contribution in [1.82, 2.24) is 9.78 Å². The second-order valence-electron chi connectivity index (χ2n) is 6.58. The number of nitrogens with zero attached hydrogens (tertiary/aromatic N) is 2. The summed E-state index contributed by atoms with van der Waals surface area (Å²) in [5.41, 5.74) is 2.33. The maximum absolute atomic E-state index is 12.9. The van der Waals surface area contributed by atoms with Crippen molar-refractivity contribution in [3.8, 4) is 28.5 Å². The lowest BCUT2D eigenvalue weighted by Gasteiger charge is -2.10. The molecule has 4 rings (SSSR count). The van der Waals surface area contributed by atoms with E-state index in [-0.39, 0.29) is 5.91 Å². The number of nitrogens with one attached hydrogen (secondary N) is 1. The van der Waals surface area contributed by atoms with Crippen LogP contribution in [0.3, 0.4) is 0 Å². The van der Waals surface area contributed by atoms with Crippen LogP contribution in [-0.4, -0.2) is 36.0 Å². The average molecular weight is 414 g/mol. The minimum atomic E-state index is -0.290. The number of hydrogen-bond donors (Lipinski definition) is 1. The number of benzene rings is 2. The second kappa shape index (κ2) is 8.05. The van der Waals surface area contributed by atoms with Crippen molar-refractivity contribution in [3.63, 3.8) is 0 Å². The first-order valence-electron chi connectivity index (χ1n) is 9.13. The first-order valence-corrected chi connectivity index (χ1v) is 9.51. The number of aryl methyl sites for hydroxylation is 1. The van der Waals surface area contributed by atoms with Crippen LogP contribution in [0.4, 0.5) is 5.69 Å². The Balaban J connectivity index is 1.64. The van der Waals surface area contributed by atoms with E-state index in [1.807, 2.05) is 18.2 Å². The van der Waals surface area contributed by atoms with E-state index < -0.39 is 0 Å². The number of rotatable bonds is 4. The van der Waals surface area contributed by atoms with Crippen molar-refractivity contribution < 1.29 is 19.0 Å². The fourth-order valence-electron chi connectivity index (χ4n) is 3.12. The van der Waals surface area contributed by atoms with E-state index in [0.717, 1.165) is 12.0 Å². The number of methoxy groups -OCH3 is 1. The van der Waals surface area contributed by atoms with Crippen LogP contribution < -0.4 is 19.5 Å². The lowest BCUT2D eigenvalue weighted by atomic mass is 10.1. The molecule has 29 heavy (non-hydrogen) atoms. The maximum atomic E-state index is 12.9. The molecule has 3 aromatic rings. The molecule has 0 aliphatic carbocycles. The summed E-state index contributed by atoms with van der Waals surface area (Å²) in [6, 6.07) is 10.6. The third-order valence-corrected chi connectivity index (χ3v) is 4.80. The summed E-state index contributed by atoms with van der Waals surface area (Å²) >= 11 is 6.15. The van der Waals surface area contributed by atoms with Crippen LogP contribution in [0.15, 0.2) is 42.6 Å². The topological polar surface area (TPSA) is 74.6 Å². The van der Waals surface area contributed by atoms with Crippen molar-refractivity contribution in [2.45, 2.75) is 6.42 Å². The molecule has 0 atom stereocenters. The first kappa shape index (κ1) is 19.1. The minimum absolute atomic E-state index is 0.290. The van der Waals surface area contributed by atoms with Crippen molar-refractivity contribution in [2.24, 2.45) is 7.05 Å². The summed E-state index contributed by atoms with van der Waals surface area (Å²) in [6.07, 6.45) is 2.50. The van der Waals surface area contributed by atoms with Crippen molar-refractivity contribution >= 4 is 23.2 Å². The van der Waals surface area contributed by atoms with Gasteiger partial charge in [-0.2, -0.15) is 5.10 Å². The van der Waals surface area contributed by atoms with Gasteiger partial charge >= 0.3 is 0 Å². The predicted molar refractivity (Wildman–Crippen MR) is 110 cm³/mol. The van der Waals surface area contributed by atoms with Gasteiger partial charge in [-0.3, -0.25) is 9.48 Å². The zero-order valence-corrected chi connectivity index (χ0v) is 16.8. The molecule has 1 aromatic heterocycles. The van der Waals surface area contributed by atoms with E-state index in [2.05, 4.69) is 10.4 Å². The number of ether oxygens (including phenoxy) is 3. The first-order chi connectivity index (χ1) is 14.0. The van der Waals surface area contributed by atoms with Gasteiger partial charge in [0.2, 0.25) is 0 Å². The van der Waals surface area contributed by atoms with Gasteiger partial charge in [0.25, 0.3) is 5.91 Å². The van der Waals surface area contributed by atoms with Gasteiger partial charge in [0.1, 0.15) is 11.4 Å². The normalized spacial score (nSPS) is 12.9. The molecule has 0 saturated carbocycles. The quantitative estimate of drug-likeness (QED) is 0.695. The third-order valence-electron chi connectivity index (χ3n) is 4.50. The lowest BCUT2D eigenvalue weighted by molar-refractivity contribution is 0.102. The zero-order chi connectivity index (χ0) is 20.4. The smallest absolute Gasteiger partial charge is 0.259 e. The molecule has 7 nitrogen and oxygen atoms in total. The van der Waals surface area contributed by atoms with Crippen LogP contribution in [-0.2, 0) is 7.05 Å². The van der Waals surface area contributed by atoms with E-state index >= 15 is 0 Å². The Hall–Kier alpha value is -3.19. The fourth-order valence-corrected chi connectivity index (χ4v) is 3.38. The standard InChI is InChI=1S/C21H20ClN3O4/c1-25-12-15(21(26)23-14-5-7-17(27-2)16(22)11-14)20(24-25)13-4-6-18-19(10-13)29-9-3-8-28-18/h4-7,10-12H,3,8-9H2,1-2H3,(H,23,26). The Labute approximate surface area is 173 Å². The molecular formula is C21H20ClN3O4. The van der Waals surface area contributed by atoms with Crippen LogP contribution >= 0.6 is 11.6 Å².